The van der Waals surface area contributed by atoms with Gasteiger partial charge < -0.3 is 25.8 Å². The number of para-hydroxylation sites is 1. The van der Waals surface area contributed by atoms with E-state index < -0.39 is 30.1 Å². The molecule has 0 heterocycles. The minimum Gasteiger partial charge on any atom is -0.487 e. The maximum atomic E-state index is 13.4. The van der Waals surface area contributed by atoms with Crippen LogP contribution < -0.4 is 20.7 Å². The van der Waals surface area contributed by atoms with E-state index in [1.165, 1.54) is 12.1 Å². The lowest BCUT2D eigenvalue weighted by Gasteiger charge is -2.23. The van der Waals surface area contributed by atoms with Crippen molar-refractivity contribution in [1.29, 1.82) is 0 Å². The van der Waals surface area contributed by atoms with Crippen molar-refractivity contribution in [3.05, 3.63) is 98.3 Å². The molecule has 3 aromatic rings. The Labute approximate surface area is 228 Å². The van der Waals surface area contributed by atoms with Crippen LogP contribution in [0.15, 0.2) is 66.0 Å². The first-order chi connectivity index (χ1) is 17.8. The molecule has 0 aliphatic rings. The number of rotatable bonds is 9. The third kappa shape index (κ3) is 7.05. The molecule has 202 valence electrons. The monoisotopic (exact) mass is 567 g/mol. The summed E-state index contributed by atoms with van der Waals surface area (Å²) in [4.78, 5) is 13.2. The second-order valence-corrected chi connectivity index (χ2v) is 9.47. The summed E-state index contributed by atoms with van der Waals surface area (Å²) >= 11 is 12.2. The van der Waals surface area contributed by atoms with Gasteiger partial charge in [0.2, 0.25) is 0 Å². The van der Waals surface area contributed by atoms with Gasteiger partial charge in [-0.05, 0) is 66.9 Å². The van der Waals surface area contributed by atoms with Crippen molar-refractivity contribution in [2.45, 2.75) is 26.6 Å². The Morgan fingerprint density at radius 1 is 1.05 bits per heavy atom. The van der Waals surface area contributed by atoms with E-state index in [0.717, 1.165) is 16.8 Å². The first-order valence-electron chi connectivity index (χ1n) is 11.3. The van der Waals surface area contributed by atoms with Crippen molar-refractivity contribution in [1.82, 2.24) is 0 Å². The number of nitrogens with two attached hydrogens (primary N) is 1. The van der Waals surface area contributed by atoms with E-state index in [9.17, 15) is 23.1 Å². The summed E-state index contributed by atoms with van der Waals surface area (Å²) in [5.74, 6) is -0.644. The maximum absolute atomic E-state index is 13.4. The van der Waals surface area contributed by atoms with Gasteiger partial charge in [-0.1, -0.05) is 41.4 Å². The lowest BCUT2D eigenvalue weighted by atomic mass is 10.0. The Hall–Kier alpha value is -3.56. The topological polar surface area (TPSA) is 87.8 Å². The highest BCUT2D eigenvalue weighted by molar-refractivity contribution is 6.39. The van der Waals surface area contributed by atoms with E-state index in [1.54, 1.807) is 43.3 Å². The number of carbonyl (C=O) groups is 1. The van der Waals surface area contributed by atoms with Gasteiger partial charge in [0.15, 0.2) is 0 Å². The number of anilines is 2. The van der Waals surface area contributed by atoms with Gasteiger partial charge in [0.25, 0.3) is 0 Å². The largest absolute Gasteiger partial charge is 0.487 e. The van der Waals surface area contributed by atoms with Gasteiger partial charge in [0, 0.05) is 19.3 Å². The number of allylic oxidation sites excluding steroid dienone is 1. The summed E-state index contributed by atoms with van der Waals surface area (Å²) in [7, 11) is 1.88. The fourth-order valence-electron chi connectivity index (χ4n) is 3.85. The number of ether oxygens (including phenoxy) is 1. The molecule has 0 aliphatic heterocycles. The van der Waals surface area contributed by atoms with Crippen LogP contribution >= 0.6 is 23.2 Å². The number of nitrogens with zero attached hydrogens (tertiary/aromatic N) is 1. The number of aromatic carboxylic acids is 1. The molecule has 0 amide bonds. The van der Waals surface area contributed by atoms with Crippen LogP contribution in [0.5, 0.6) is 5.75 Å². The van der Waals surface area contributed by atoms with Crippen LogP contribution in [0.4, 0.5) is 24.5 Å². The summed E-state index contributed by atoms with van der Waals surface area (Å²) in [6, 6.07) is 14.8. The average molecular weight is 568 g/mol. The molecule has 0 spiro atoms. The molecule has 3 rings (SSSR count). The molecule has 0 aliphatic carbocycles. The molecule has 0 atom stereocenters. The van der Waals surface area contributed by atoms with Crippen LogP contribution in [-0.2, 0) is 6.54 Å². The van der Waals surface area contributed by atoms with Crippen molar-refractivity contribution >= 4 is 40.5 Å². The van der Waals surface area contributed by atoms with E-state index in [-0.39, 0.29) is 21.3 Å². The van der Waals surface area contributed by atoms with Gasteiger partial charge in [0.05, 0.1) is 27.0 Å². The Kier molecular flexibility index (Phi) is 9.06. The van der Waals surface area contributed by atoms with Crippen LogP contribution in [0.2, 0.25) is 10.0 Å². The van der Waals surface area contributed by atoms with Crippen LogP contribution in [0, 0.1) is 13.8 Å². The zero-order chi connectivity index (χ0) is 28.2. The first kappa shape index (κ1) is 29.0. The van der Waals surface area contributed by atoms with Gasteiger partial charge in [0.1, 0.15) is 18.1 Å². The van der Waals surface area contributed by atoms with Crippen molar-refractivity contribution < 1.29 is 27.8 Å². The maximum Gasteiger partial charge on any atom is 0.432 e. The Morgan fingerprint density at radius 3 is 2.26 bits per heavy atom. The number of alkyl halides is 3. The van der Waals surface area contributed by atoms with Gasteiger partial charge >= 0.3 is 12.1 Å². The molecule has 4 N–H and O–H groups in total. The SMILES string of the molecule is Cc1cc(CN(C)c2ccc(OC/C(Nc3c(Cl)cccc3Cl)=C(/N)C(F)(F)F)cc2C)ccc1C(=O)O. The molecule has 38 heavy (non-hydrogen) atoms. The smallest absolute Gasteiger partial charge is 0.432 e. The van der Waals surface area contributed by atoms with Gasteiger partial charge in [-0.15, -0.1) is 0 Å². The molecule has 0 radical (unpaired) electrons. The van der Waals surface area contributed by atoms with Crippen LogP contribution in [-0.4, -0.2) is 30.9 Å². The number of hydrogen-bond acceptors (Lipinski definition) is 5. The number of benzene rings is 3. The summed E-state index contributed by atoms with van der Waals surface area (Å²) in [5, 5.41) is 12.1. The van der Waals surface area contributed by atoms with E-state index >= 15 is 0 Å². The number of hydrogen-bond donors (Lipinski definition) is 3. The molecular formula is C27H26Cl2F3N3O3. The van der Waals surface area contributed by atoms with E-state index in [4.69, 9.17) is 33.7 Å². The van der Waals surface area contributed by atoms with Crippen molar-refractivity contribution in [3.8, 4) is 5.75 Å². The second-order valence-electron chi connectivity index (χ2n) is 8.66. The minimum absolute atomic E-state index is 0.0846. The molecule has 3 aromatic carbocycles. The van der Waals surface area contributed by atoms with E-state index in [1.807, 2.05) is 24.9 Å². The number of carboxylic acids is 1. The van der Waals surface area contributed by atoms with Gasteiger partial charge in [-0.3, -0.25) is 0 Å². The Bertz CT molecular complexity index is 1360. The third-order valence-electron chi connectivity index (χ3n) is 5.77. The molecule has 11 heteroatoms. The van der Waals surface area contributed by atoms with E-state index in [2.05, 4.69) is 5.32 Å². The lowest BCUT2D eigenvalue weighted by Crippen LogP contribution is -2.27. The summed E-state index contributed by atoms with van der Waals surface area (Å²) in [6.45, 7) is 3.59. The summed E-state index contributed by atoms with van der Waals surface area (Å²) < 4.78 is 45.9. The van der Waals surface area contributed by atoms with Crippen molar-refractivity contribution in [3.63, 3.8) is 0 Å². The normalized spacial score (nSPS) is 12.1. The predicted molar refractivity (Wildman–Crippen MR) is 144 cm³/mol. The highest BCUT2D eigenvalue weighted by Crippen LogP contribution is 2.33. The van der Waals surface area contributed by atoms with Crippen LogP contribution in [0.3, 0.4) is 0 Å². The molecule has 0 unspecified atom stereocenters. The highest BCUT2D eigenvalue weighted by Gasteiger charge is 2.35. The second kappa shape index (κ2) is 11.9. The molecular weight excluding hydrogens is 542 g/mol. The molecule has 0 fully saturated rings. The quantitative estimate of drug-likeness (QED) is 0.254. The molecule has 0 aromatic heterocycles. The number of carboxylic acid groups (broad SMARTS) is 1. The van der Waals surface area contributed by atoms with Crippen molar-refractivity contribution in [2.24, 2.45) is 5.73 Å². The fraction of sp³-hybridized carbons (Fsp3) is 0.222. The van der Waals surface area contributed by atoms with Gasteiger partial charge in [-0.2, -0.15) is 13.2 Å². The van der Waals surface area contributed by atoms with Crippen LogP contribution in [0.1, 0.15) is 27.0 Å². The highest BCUT2D eigenvalue weighted by atomic mass is 35.5. The Morgan fingerprint density at radius 2 is 1.71 bits per heavy atom. The molecule has 0 saturated heterocycles. The lowest BCUT2D eigenvalue weighted by molar-refractivity contribution is -0.0937. The molecule has 0 bridgehead atoms. The minimum atomic E-state index is -4.80. The van der Waals surface area contributed by atoms with Crippen molar-refractivity contribution in [2.75, 3.05) is 23.9 Å². The standard InChI is InChI=1S/C27H26Cl2F3N3O3/c1-15-11-17(7-9-19(15)26(36)37)13-35(3)23-10-8-18(12-16(23)2)38-14-22(25(33)27(30,31)32)34-24-20(28)5-4-6-21(24)29/h4-12,34H,13-14,33H2,1-3H3,(H,36,37)/b25-22-. The average Bonchev–Trinajstić information content (AvgIpc) is 2.82. The number of halogens is 5. The zero-order valence-corrected chi connectivity index (χ0v) is 22.3. The van der Waals surface area contributed by atoms with Gasteiger partial charge in [-0.25, -0.2) is 4.79 Å². The van der Waals surface area contributed by atoms with Crippen LogP contribution in [0.25, 0.3) is 0 Å². The fourth-order valence-corrected chi connectivity index (χ4v) is 4.34. The Balaban J connectivity index is 1.77. The zero-order valence-electron chi connectivity index (χ0n) is 20.8. The number of aryl methyl sites for hydroxylation is 2. The molecule has 0 saturated carbocycles. The summed E-state index contributed by atoms with van der Waals surface area (Å²) in [6.07, 6.45) is -4.80. The number of nitrogens with one attached hydrogen (secondary N) is 1. The predicted octanol–water partition coefficient (Wildman–Crippen LogP) is 7.17. The van der Waals surface area contributed by atoms with E-state index in [0.29, 0.717) is 17.9 Å². The summed E-state index contributed by atoms with van der Waals surface area (Å²) in [5.41, 5.74) is 7.21. The first-order valence-corrected chi connectivity index (χ1v) is 12.1. The molecule has 6 nitrogen and oxygen atoms in total. The third-order valence-corrected chi connectivity index (χ3v) is 6.40.